The topological polar surface area (TPSA) is 55.1 Å². The van der Waals surface area contributed by atoms with E-state index in [1.54, 1.807) is 12.1 Å². The van der Waals surface area contributed by atoms with Crippen LogP contribution < -0.4 is 11.1 Å². The molecular formula is C18H19FN2O. The standard InChI is InChI=1S/C18H19FN2O/c19-14-6-3-5-13(10-14)15-11-17(15)21-18(22)9-8-12-4-1-2-7-16(12)20/h1-7,10,15,17H,8-9,11,20H2,(H,21,22). The van der Waals surface area contributed by atoms with Crippen LogP contribution in [0.25, 0.3) is 0 Å². The normalized spacial score (nSPS) is 19.7. The first kappa shape index (κ1) is 14.6. The van der Waals surface area contributed by atoms with Crippen molar-refractivity contribution in [3.63, 3.8) is 0 Å². The van der Waals surface area contributed by atoms with E-state index in [-0.39, 0.29) is 23.7 Å². The number of anilines is 1. The first-order chi connectivity index (χ1) is 10.6. The lowest BCUT2D eigenvalue weighted by atomic mass is 10.1. The molecule has 3 N–H and O–H groups in total. The minimum atomic E-state index is -0.228. The van der Waals surface area contributed by atoms with Crippen molar-refractivity contribution in [2.45, 2.75) is 31.2 Å². The van der Waals surface area contributed by atoms with Gasteiger partial charge in [-0.3, -0.25) is 4.79 Å². The van der Waals surface area contributed by atoms with Crippen LogP contribution in [0.4, 0.5) is 10.1 Å². The fourth-order valence-electron chi connectivity index (χ4n) is 2.75. The molecule has 2 aromatic carbocycles. The summed E-state index contributed by atoms with van der Waals surface area (Å²) in [6.07, 6.45) is 1.93. The monoisotopic (exact) mass is 298 g/mol. The number of amides is 1. The Hall–Kier alpha value is -2.36. The number of hydrogen-bond acceptors (Lipinski definition) is 2. The van der Waals surface area contributed by atoms with Gasteiger partial charge in [0.1, 0.15) is 5.82 Å². The number of nitrogens with one attached hydrogen (secondary N) is 1. The zero-order valence-electron chi connectivity index (χ0n) is 12.3. The smallest absolute Gasteiger partial charge is 0.220 e. The molecule has 1 saturated carbocycles. The molecular weight excluding hydrogens is 279 g/mol. The highest BCUT2D eigenvalue weighted by atomic mass is 19.1. The van der Waals surface area contributed by atoms with Gasteiger partial charge in [-0.25, -0.2) is 4.39 Å². The molecule has 1 amide bonds. The molecule has 0 saturated heterocycles. The molecule has 0 aromatic heterocycles. The molecule has 2 unspecified atom stereocenters. The second-order valence-corrected chi connectivity index (χ2v) is 5.77. The summed E-state index contributed by atoms with van der Waals surface area (Å²) in [4.78, 5) is 12.0. The summed E-state index contributed by atoms with van der Waals surface area (Å²) in [6, 6.07) is 14.3. The van der Waals surface area contributed by atoms with Crippen LogP contribution >= 0.6 is 0 Å². The van der Waals surface area contributed by atoms with Crippen molar-refractivity contribution in [3.8, 4) is 0 Å². The number of aryl methyl sites for hydroxylation is 1. The van der Waals surface area contributed by atoms with E-state index in [4.69, 9.17) is 5.73 Å². The average molecular weight is 298 g/mol. The summed E-state index contributed by atoms with van der Waals surface area (Å²) in [5, 5.41) is 3.01. The Kier molecular flexibility index (Phi) is 4.09. The average Bonchev–Trinajstić information content (AvgIpc) is 3.25. The maximum Gasteiger partial charge on any atom is 0.220 e. The minimum Gasteiger partial charge on any atom is -0.399 e. The predicted molar refractivity (Wildman–Crippen MR) is 84.9 cm³/mol. The molecule has 22 heavy (non-hydrogen) atoms. The molecule has 1 fully saturated rings. The molecule has 3 rings (SSSR count). The van der Waals surface area contributed by atoms with Crippen molar-refractivity contribution < 1.29 is 9.18 Å². The van der Waals surface area contributed by atoms with Gasteiger partial charge in [-0.15, -0.1) is 0 Å². The zero-order chi connectivity index (χ0) is 15.5. The lowest BCUT2D eigenvalue weighted by Crippen LogP contribution is -2.26. The number of hydrogen-bond donors (Lipinski definition) is 2. The van der Waals surface area contributed by atoms with Crippen molar-refractivity contribution in [2.75, 3.05) is 5.73 Å². The lowest BCUT2D eigenvalue weighted by molar-refractivity contribution is -0.121. The predicted octanol–water partition coefficient (Wildman–Crippen LogP) is 3.01. The van der Waals surface area contributed by atoms with Crippen molar-refractivity contribution in [1.29, 1.82) is 0 Å². The summed E-state index contributed by atoms with van der Waals surface area (Å²) in [5.41, 5.74) is 8.54. The molecule has 0 bridgehead atoms. The number of benzene rings is 2. The Labute approximate surface area is 129 Å². The van der Waals surface area contributed by atoms with Gasteiger partial charge in [-0.2, -0.15) is 0 Å². The molecule has 0 heterocycles. The van der Waals surface area contributed by atoms with E-state index in [0.717, 1.165) is 23.2 Å². The second-order valence-electron chi connectivity index (χ2n) is 5.77. The van der Waals surface area contributed by atoms with Gasteiger partial charge < -0.3 is 11.1 Å². The van der Waals surface area contributed by atoms with Crippen LogP contribution in [-0.4, -0.2) is 11.9 Å². The molecule has 3 nitrogen and oxygen atoms in total. The fraction of sp³-hybridized carbons (Fsp3) is 0.278. The zero-order valence-corrected chi connectivity index (χ0v) is 12.3. The molecule has 0 spiro atoms. The molecule has 114 valence electrons. The summed E-state index contributed by atoms with van der Waals surface area (Å²) >= 11 is 0. The highest BCUT2D eigenvalue weighted by molar-refractivity contribution is 5.77. The maximum absolute atomic E-state index is 13.2. The molecule has 1 aliphatic carbocycles. The van der Waals surface area contributed by atoms with Gasteiger partial charge in [0.25, 0.3) is 0 Å². The fourth-order valence-corrected chi connectivity index (χ4v) is 2.75. The summed E-state index contributed by atoms with van der Waals surface area (Å²) in [5.74, 6) is 0.0302. The first-order valence-corrected chi connectivity index (χ1v) is 7.51. The number of carbonyl (C=O) groups is 1. The number of halogens is 1. The second kappa shape index (κ2) is 6.18. The van der Waals surface area contributed by atoms with E-state index in [1.165, 1.54) is 6.07 Å². The summed E-state index contributed by atoms with van der Waals surface area (Å²) in [7, 11) is 0. The molecule has 2 atom stereocenters. The molecule has 0 aliphatic heterocycles. The number of para-hydroxylation sites is 1. The quantitative estimate of drug-likeness (QED) is 0.834. The molecule has 4 heteroatoms. The Bertz CT molecular complexity index is 686. The van der Waals surface area contributed by atoms with Crippen molar-refractivity contribution in [2.24, 2.45) is 0 Å². The Balaban J connectivity index is 1.49. The largest absolute Gasteiger partial charge is 0.399 e. The van der Waals surface area contributed by atoms with E-state index in [1.807, 2.05) is 30.3 Å². The highest BCUT2D eigenvalue weighted by Crippen LogP contribution is 2.40. The first-order valence-electron chi connectivity index (χ1n) is 7.51. The number of rotatable bonds is 5. The van der Waals surface area contributed by atoms with Gasteiger partial charge >= 0.3 is 0 Å². The molecule has 2 aromatic rings. The van der Waals surface area contributed by atoms with Gasteiger partial charge in [0.15, 0.2) is 0 Å². The summed E-state index contributed by atoms with van der Waals surface area (Å²) in [6.45, 7) is 0. The molecule has 0 radical (unpaired) electrons. The van der Waals surface area contributed by atoms with Gasteiger partial charge in [-0.1, -0.05) is 30.3 Å². The van der Waals surface area contributed by atoms with Crippen LogP contribution in [0.3, 0.4) is 0 Å². The SMILES string of the molecule is Nc1ccccc1CCC(=O)NC1CC1c1cccc(F)c1. The van der Waals surface area contributed by atoms with Crippen LogP contribution in [-0.2, 0) is 11.2 Å². The van der Waals surface area contributed by atoms with E-state index in [2.05, 4.69) is 5.32 Å². The van der Waals surface area contributed by atoms with Crippen molar-refractivity contribution in [3.05, 3.63) is 65.5 Å². The number of nitrogen functional groups attached to an aromatic ring is 1. The van der Waals surface area contributed by atoms with Crippen LogP contribution in [0.15, 0.2) is 48.5 Å². The van der Waals surface area contributed by atoms with Gasteiger partial charge in [0.05, 0.1) is 0 Å². The highest BCUT2D eigenvalue weighted by Gasteiger charge is 2.39. The van der Waals surface area contributed by atoms with Gasteiger partial charge in [0, 0.05) is 24.1 Å². The Morgan fingerprint density at radius 3 is 2.82 bits per heavy atom. The third-order valence-electron chi connectivity index (χ3n) is 4.09. The van der Waals surface area contributed by atoms with E-state index >= 15 is 0 Å². The van der Waals surface area contributed by atoms with Crippen LogP contribution in [0.2, 0.25) is 0 Å². The van der Waals surface area contributed by atoms with E-state index in [0.29, 0.717) is 12.8 Å². The maximum atomic E-state index is 13.2. The van der Waals surface area contributed by atoms with Crippen LogP contribution in [0.1, 0.15) is 29.9 Å². The van der Waals surface area contributed by atoms with E-state index < -0.39 is 0 Å². The number of carbonyl (C=O) groups excluding carboxylic acids is 1. The Morgan fingerprint density at radius 1 is 1.23 bits per heavy atom. The number of nitrogens with two attached hydrogens (primary N) is 1. The van der Waals surface area contributed by atoms with E-state index in [9.17, 15) is 9.18 Å². The van der Waals surface area contributed by atoms with Gasteiger partial charge in [0.2, 0.25) is 5.91 Å². The van der Waals surface area contributed by atoms with Crippen molar-refractivity contribution >= 4 is 11.6 Å². The lowest BCUT2D eigenvalue weighted by Gasteiger charge is -2.07. The van der Waals surface area contributed by atoms with Crippen LogP contribution in [0, 0.1) is 5.82 Å². The van der Waals surface area contributed by atoms with Gasteiger partial charge in [-0.05, 0) is 42.2 Å². The third kappa shape index (κ3) is 3.45. The third-order valence-corrected chi connectivity index (χ3v) is 4.09. The molecule has 1 aliphatic rings. The van der Waals surface area contributed by atoms with Crippen molar-refractivity contribution in [1.82, 2.24) is 5.32 Å². The Morgan fingerprint density at radius 2 is 2.05 bits per heavy atom. The van der Waals surface area contributed by atoms with Crippen LogP contribution in [0.5, 0.6) is 0 Å². The summed E-state index contributed by atoms with van der Waals surface area (Å²) < 4.78 is 13.2. The minimum absolute atomic E-state index is 0.0205.